The Kier molecular flexibility index (Phi) is 6.21. The SMILES string of the molecule is CSc1nc(NS(=O)(=O)c2cc(C(F)(F)F)cc(C(F)(F)F)c2)nc(-c2cccs2)n1. The van der Waals surface area contributed by atoms with Gasteiger partial charge in [0.05, 0.1) is 20.9 Å². The molecular weight excluding hydrogens is 490 g/mol. The van der Waals surface area contributed by atoms with Crippen LogP contribution in [0, 0.1) is 0 Å². The summed E-state index contributed by atoms with van der Waals surface area (Å²) in [4.78, 5) is 11.2. The molecule has 0 aliphatic carbocycles. The first kappa shape index (κ1) is 23.3. The fraction of sp³-hybridized carbons (Fsp3) is 0.188. The fourth-order valence-electron chi connectivity index (χ4n) is 2.27. The number of thioether (sulfide) groups is 1. The van der Waals surface area contributed by atoms with Crippen molar-refractivity contribution in [1.82, 2.24) is 15.0 Å². The molecule has 6 nitrogen and oxygen atoms in total. The summed E-state index contributed by atoms with van der Waals surface area (Å²) in [5, 5.41) is 1.80. The third kappa shape index (κ3) is 5.46. The van der Waals surface area contributed by atoms with Crippen LogP contribution in [-0.2, 0) is 22.4 Å². The topological polar surface area (TPSA) is 84.8 Å². The van der Waals surface area contributed by atoms with E-state index in [2.05, 4.69) is 15.0 Å². The predicted molar refractivity (Wildman–Crippen MR) is 102 cm³/mol. The maximum absolute atomic E-state index is 13.0. The molecule has 31 heavy (non-hydrogen) atoms. The lowest BCUT2D eigenvalue weighted by molar-refractivity contribution is -0.143. The number of nitrogens with zero attached hydrogens (tertiary/aromatic N) is 3. The number of hydrogen-bond donors (Lipinski definition) is 1. The number of halogens is 6. The van der Waals surface area contributed by atoms with Crippen molar-refractivity contribution in [3.8, 4) is 10.7 Å². The highest BCUT2D eigenvalue weighted by atomic mass is 32.2. The van der Waals surface area contributed by atoms with Crippen molar-refractivity contribution >= 4 is 39.1 Å². The van der Waals surface area contributed by atoms with Crippen molar-refractivity contribution in [1.29, 1.82) is 0 Å². The van der Waals surface area contributed by atoms with Gasteiger partial charge in [-0.05, 0) is 35.9 Å². The van der Waals surface area contributed by atoms with Gasteiger partial charge in [-0.25, -0.2) is 18.1 Å². The van der Waals surface area contributed by atoms with E-state index < -0.39 is 44.3 Å². The van der Waals surface area contributed by atoms with Crippen LogP contribution in [0.2, 0.25) is 0 Å². The average Bonchev–Trinajstić information content (AvgIpc) is 3.20. The van der Waals surface area contributed by atoms with Crippen LogP contribution in [0.15, 0.2) is 45.8 Å². The van der Waals surface area contributed by atoms with Crippen LogP contribution in [0.4, 0.5) is 32.3 Å². The van der Waals surface area contributed by atoms with E-state index in [1.807, 2.05) is 4.72 Å². The molecule has 0 saturated heterocycles. The van der Waals surface area contributed by atoms with E-state index in [9.17, 15) is 34.8 Å². The van der Waals surface area contributed by atoms with Gasteiger partial charge in [-0.2, -0.15) is 36.3 Å². The van der Waals surface area contributed by atoms with E-state index in [-0.39, 0.29) is 29.2 Å². The molecule has 2 aromatic heterocycles. The summed E-state index contributed by atoms with van der Waals surface area (Å²) in [6, 6.07) is 3.38. The first-order chi connectivity index (χ1) is 14.3. The number of aromatic nitrogens is 3. The molecule has 0 amide bonds. The van der Waals surface area contributed by atoms with E-state index in [0.717, 1.165) is 11.8 Å². The summed E-state index contributed by atoms with van der Waals surface area (Å²) in [5.41, 5.74) is -3.52. The average molecular weight is 500 g/mol. The molecule has 0 unspecified atom stereocenters. The lowest BCUT2D eigenvalue weighted by Gasteiger charge is -2.15. The zero-order valence-electron chi connectivity index (χ0n) is 15.1. The second-order valence-electron chi connectivity index (χ2n) is 5.79. The van der Waals surface area contributed by atoms with E-state index in [1.165, 1.54) is 11.3 Å². The van der Waals surface area contributed by atoms with Crippen molar-refractivity contribution in [2.45, 2.75) is 22.4 Å². The predicted octanol–water partition coefficient (Wildman–Crippen LogP) is 5.16. The van der Waals surface area contributed by atoms with Crippen LogP contribution in [0.25, 0.3) is 10.7 Å². The van der Waals surface area contributed by atoms with Crippen molar-refractivity contribution < 1.29 is 34.8 Å². The van der Waals surface area contributed by atoms with Crippen LogP contribution >= 0.6 is 23.1 Å². The normalized spacial score (nSPS) is 12.7. The number of benzene rings is 1. The van der Waals surface area contributed by atoms with Gasteiger partial charge in [-0.1, -0.05) is 17.8 Å². The van der Waals surface area contributed by atoms with Gasteiger partial charge in [-0.3, -0.25) is 0 Å². The number of anilines is 1. The van der Waals surface area contributed by atoms with E-state index in [1.54, 1.807) is 23.8 Å². The third-order valence-corrected chi connectivity index (χ3v) is 6.36. The monoisotopic (exact) mass is 500 g/mol. The van der Waals surface area contributed by atoms with Gasteiger partial charge in [0.2, 0.25) is 5.95 Å². The molecule has 0 bridgehead atoms. The summed E-state index contributed by atoms with van der Waals surface area (Å²) in [6.45, 7) is 0. The minimum Gasteiger partial charge on any atom is -0.247 e. The second-order valence-corrected chi connectivity index (χ2v) is 9.20. The lowest BCUT2D eigenvalue weighted by Crippen LogP contribution is -2.19. The summed E-state index contributed by atoms with van der Waals surface area (Å²) in [7, 11) is -4.90. The fourth-order valence-corrected chi connectivity index (χ4v) is 4.30. The van der Waals surface area contributed by atoms with Crippen molar-refractivity contribution in [2.75, 3.05) is 11.0 Å². The molecule has 0 aliphatic rings. The number of alkyl halides is 6. The van der Waals surface area contributed by atoms with Crippen molar-refractivity contribution in [2.24, 2.45) is 0 Å². The molecule has 0 saturated carbocycles. The summed E-state index contributed by atoms with van der Waals surface area (Å²) in [6.07, 6.45) is -8.80. The Morgan fingerprint density at radius 2 is 1.58 bits per heavy atom. The highest BCUT2D eigenvalue weighted by Gasteiger charge is 2.38. The summed E-state index contributed by atoms with van der Waals surface area (Å²) < 4.78 is 105. The molecule has 3 rings (SSSR count). The molecule has 1 N–H and O–H groups in total. The minimum absolute atomic E-state index is 0.0899. The van der Waals surface area contributed by atoms with Crippen molar-refractivity contribution in [3.63, 3.8) is 0 Å². The zero-order chi connectivity index (χ0) is 23.0. The zero-order valence-corrected chi connectivity index (χ0v) is 17.6. The van der Waals surface area contributed by atoms with Crippen LogP contribution < -0.4 is 4.72 Å². The van der Waals surface area contributed by atoms with Gasteiger partial charge in [0, 0.05) is 0 Å². The van der Waals surface area contributed by atoms with E-state index >= 15 is 0 Å². The highest BCUT2D eigenvalue weighted by Crippen LogP contribution is 2.37. The van der Waals surface area contributed by atoms with Gasteiger partial charge in [-0.15, -0.1) is 11.3 Å². The van der Waals surface area contributed by atoms with Crippen LogP contribution in [-0.4, -0.2) is 29.6 Å². The van der Waals surface area contributed by atoms with E-state index in [0.29, 0.717) is 4.88 Å². The van der Waals surface area contributed by atoms with Gasteiger partial charge >= 0.3 is 12.4 Å². The second kappa shape index (κ2) is 8.27. The molecule has 0 radical (unpaired) electrons. The van der Waals surface area contributed by atoms with Gasteiger partial charge < -0.3 is 0 Å². The maximum atomic E-state index is 13.0. The molecular formula is C16H10F6N4O2S3. The minimum atomic E-state index is -5.20. The van der Waals surface area contributed by atoms with Gasteiger partial charge in [0.25, 0.3) is 10.0 Å². The summed E-state index contributed by atoms with van der Waals surface area (Å²) in [5.74, 6) is -0.458. The number of rotatable bonds is 5. The van der Waals surface area contributed by atoms with Crippen LogP contribution in [0.5, 0.6) is 0 Å². The molecule has 0 spiro atoms. The Labute approximate surface area is 179 Å². The number of hydrogen-bond acceptors (Lipinski definition) is 7. The lowest BCUT2D eigenvalue weighted by atomic mass is 10.1. The molecule has 2 heterocycles. The van der Waals surface area contributed by atoms with Crippen LogP contribution in [0.3, 0.4) is 0 Å². The first-order valence-electron chi connectivity index (χ1n) is 7.96. The Morgan fingerprint density at radius 3 is 2.06 bits per heavy atom. The first-order valence-corrected chi connectivity index (χ1v) is 11.5. The molecule has 166 valence electrons. The number of nitrogens with one attached hydrogen (secondary N) is 1. The number of thiophene rings is 1. The molecule has 0 atom stereocenters. The molecule has 15 heteroatoms. The Bertz CT molecular complexity index is 1160. The summed E-state index contributed by atoms with van der Waals surface area (Å²) >= 11 is 2.28. The third-order valence-electron chi connectivity index (χ3n) is 3.64. The number of sulfonamides is 1. The van der Waals surface area contributed by atoms with Gasteiger partial charge in [0.1, 0.15) is 0 Å². The Morgan fingerprint density at radius 1 is 0.968 bits per heavy atom. The molecule has 0 fully saturated rings. The Balaban J connectivity index is 2.08. The Hall–Kier alpha value is -2.39. The quantitative estimate of drug-likeness (QED) is 0.385. The van der Waals surface area contributed by atoms with Gasteiger partial charge in [0.15, 0.2) is 11.0 Å². The van der Waals surface area contributed by atoms with Crippen molar-refractivity contribution in [3.05, 3.63) is 46.8 Å². The smallest absolute Gasteiger partial charge is 0.247 e. The molecule has 0 aliphatic heterocycles. The highest BCUT2D eigenvalue weighted by molar-refractivity contribution is 7.98. The van der Waals surface area contributed by atoms with E-state index in [4.69, 9.17) is 0 Å². The molecule has 1 aromatic carbocycles. The maximum Gasteiger partial charge on any atom is 0.416 e. The molecule has 3 aromatic rings. The van der Waals surface area contributed by atoms with Crippen LogP contribution in [0.1, 0.15) is 11.1 Å². The standard InChI is InChI=1S/C16H10F6N4O2S3/c1-29-14-24-12(11-3-2-4-30-11)23-13(25-14)26-31(27,28)10-6-8(15(17,18)19)5-9(7-10)16(20,21)22/h2-7H,1H3,(H,23,24,25,26). The largest absolute Gasteiger partial charge is 0.416 e.